The first-order valence-electron chi connectivity index (χ1n) is 7.46. The fourth-order valence-electron chi connectivity index (χ4n) is 2.70. The maximum Gasteiger partial charge on any atom is 0.269 e. The van der Waals surface area contributed by atoms with Crippen LogP contribution < -0.4 is 10.3 Å². The van der Waals surface area contributed by atoms with Crippen LogP contribution in [0, 0.1) is 0 Å². The van der Waals surface area contributed by atoms with Crippen molar-refractivity contribution in [3.63, 3.8) is 0 Å². The third kappa shape index (κ3) is 2.77. The molecule has 1 aromatic heterocycles. The van der Waals surface area contributed by atoms with Gasteiger partial charge in [0.2, 0.25) is 0 Å². The lowest BCUT2D eigenvalue weighted by Crippen LogP contribution is -2.40. The van der Waals surface area contributed by atoms with E-state index in [2.05, 4.69) is 10.2 Å². The highest BCUT2D eigenvalue weighted by atomic mass is 16.5. The van der Waals surface area contributed by atoms with Gasteiger partial charge in [0.15, 0.2) is 6.61 Å². The summed E-state index contributed by atoms with van der Waals surface area (Å²) in [7, 11) is 0. The minimum atomic E-state index is -0.148. The number of hydrogen-bond donors (Lipinski definition) is 2. The Balaban J connectivity index is 1.64. The Hall–Kier alpha value is -2.50. The first-order valence-corrected chi connectivity index (χ1v) is 7.46. The monoisotopic (exact) mass is 301 g/mol. The Bertz CT molecular complexity index is 732. The number of amides is 1. The highest BCUT2D eigenvalue weighted by Gasteiger charge is 2.24. The maximum atomic E-state index is 12.3. The number of H-pyrrole nitrogens is 2. The highest BCUT2D eigenvalue weighted by molar-refractivity contribution is 5.78. The molecule has 0 fully saturated rings. The zero-order valence-electron chi connectivity index (χ0n) is 12.5. The SMILES string of the molecule is CCc1ccccc1OCC(=O)N1CCc2[nH][nH]c(=O)c2C1. The van der Waals surface area contributed by atoms with Crippen LogP contribution >= 0.6 is 0 Å². The fraction of sp³-hybridized carbons (Fsp3) is 0.375. The van der Waals surface area contributed by atoms with Gasteiger partial charge >= 0.3 is 0 Å². The van der Waals surface area contributed by atoms with Gasteiger partial charge in [0, 0.05) is 18.7 Å². The molecular weight excluding hydrogens is 282 g/mol. The van der Waals surface area contributed by atoms with Crippen LogP contribution in [0.2, 0.25) is 0 Å². The van der Waals surface area contributed by atoms with E-state index in [-0.39, 0.29) is 18.1 Å². The lowest BCUT2D eigenvalue weighted by Gasteiger charge is -2.26. The molecule has 116 valence electrons. The molecule has 0 radical (unpaired) electrons. The van der Waals surface area contributed by atoms with Crippen LogP contribution in [0.3, 0.4) is 0 Å². The van der Waals surface area contributed by atoms with E-state index in [4.69, 9.17) is 4.74 Å². The molecule has 2 aromatic rings. The average molecular weight is 301 g/mol. The second-order valence-electron chi connectivity index (χ2n) is 5.35. The first-order chi connectivity index (χ1) is 10.7. The number of aromatic amines is 2. The third-order valence-corrected chi connectivity index (χ3v) is 4.00. The van der Waals surface area contributed by atoms with Crippen LogP contribution in [-0.4, -0.2) is 34.2 Å². The molecule has 0 saturated heterocycles. The Kier molecular flexibility index (Phi) is 4.00. The molecule has 22 heavy (non-hydrogen) atoms. The van der Waals surface area contributed by atoms with Gasteiger partial charge in [-0.2, -0.15) is 0 Å². The molecule has 0 saturated carbocycles. The van der Waals surface area contributed by atoms with Crippen molar-refractivity contribution in [1.82, 2.24) is 15.1 Å². The summed E-state index contributed by atoms with van der Waals surface area (Å²) < 4.78 is 5.66. The van der Waals surface area contributed by atoms with Gasteiger partial charge in [0.05, 0.1) is 12.1 Å². The molecule has 3 rings (SSSR count). The number of rotatable bonds is 4. The molecule has 0 aliphatic carbocycles. The summed E-state index contributed by atoms with van der Waals surface area (Å²) in [5.74, 6) is 0.646. The van der Waals surface area contributed by atoms with Crippen LogP contribution in [-0.2, 0) is 24.2 Å². The van der Waals surface area contributed by atoms with Gasteiger partial charge in [0.25, 0.3) is 11.5 Å². The topological polar surface area (TPSA) is 78.2 Å². The number of carbonyl (C=O) groups is 1. The number of fused-ring (bicyclic) bond motifs is 1. The van der Waals surface area contributed by atoms with Crippen LogP contribution in [0.1, 0.15) is 23.7 Å². The van der Waals surface area contributed by atoms with Crippen molar-refractivity contribution in [3.8, 4) is 5.75 Å². The predicted molar refractivity (Wildman–Crippen MR) is 81.8 cm³/mol. The van der Waals surface area contributed by atoms with Crippen molar-refractivity contribution < 1.29 is 9.53 Å². The number of benzene rings is 1. The normalized spacial score (nSPS) is 13.8. The number of aromatic nitrogens is 2. The van der Waals surface area contributed by atoms with Gasteiger partial charge in [-0.1, -0.05) is 25.1 Å². The van der Waals surface area contributed by atoms with Gasteiger partial charge in [-0.05, 0) is 18.1 Å². The number of carbonyl (C=O) groups excluding carboxylic acids is 1. The summed E-state index contributed by atoms with van der Waals surface area (Å²) in [5, 5.41) is 5.41. The Morgan fingerprint density at radius 1 is 1.32 bits per heavy atom. The van der Waals surface area contributed by atoms with Gasteiger partial charge in [-0.15, -0.1) is 0 Å². The summed E-state index contributed by atoms with van der Waals surface area (Å²) in [6, 6.07) is 7.72. The quantitative estimate of drug-likeness (QED) is 0.891. The van der Waals surface area contributed by atoms with Crippen molar-refractivity contribution in [1.29, 1.82) is 0 Å². The second kappa shape index (κ2) is 6.09. The average Bonchev–Trinajstić information content (AvgIpc) is 2.93. The molecule has 2 N–H and O–H groups in total. The number of aryl methyl sites for hydroxylation is 1. The molecule has 1 aliphatic heterocycles. The van der Waals surface area contributed by atoms with Crippen molar-refractivity contribution in [2.24, 2.45) is 0 Å². The van der Waals surface area contributed by atoms with Crippen molar-refractivity contribution in [2.45, 2.75) is 26.3 Å². The molecule has 0 bridgehead atoms. The van der Waals surface area contributed by atoms with Gasteiger partial charge in [-0.3, -0.25) is 14.7 Å². The molecule has 1 aliphatic rings. The van der Waals surface area contributed by atoms with Crippen molar-refractivity contribution >= 4 is 5.91 Å². The Morgan fingerprint density at radius 2 is 2.14 bits per heavy atom. The summed E-state index contributed by atoms with van der Waals surface area (Å²) in [5.41, 5.74) is 2.47. The zero-order valence-corrected chi connectivity index (χ0v) is 12.5. The minimum absolute atomic E-state index is 0.00528. The van der Waals surface area contributed by atoms with E-state index in [1.165, 1.54) is 0 Å². The number of hydrogen-bond acceptors (Lipinski definition) is 3. The van der Waals surface area contributed by atoms with E-state index in [0.717, 1.165) is 23.4 Å². The van der Waals surface area contributed by atoms with E-state index < -0.39 is 0 Å². The van der Waals surface area contributed by atoms with Crippen LogP contribution in [0.15, 0.2) is 29.1 Å². The predicted octanol–water partition coefficient (Wildman–Crippen LogP) is 1.23. The molecule has 1 amide bonds. The zero-order chi connectivity index (χ0) is 15.5. The van der Waals surface area contributed by atoms with Gasteiger partial charge in [-0.25, -0.2) is 0 Å². The molecule has 6 nitrogen and oxygen atoms in total. The molecule has 6 heteroatoms. The highest BCUT2D eigenvalue weighted by Crippen LogP contribution is 2.19. The van der Waals surface area contributed by atoms with Crippen LogP contribution in [0.4, 0.5) is 0 Å². The Labute approximate surface area is 128 Å². The molecule has 2 heterocycles. The number of nitrogens with zero attached hydrogens (tertiary/aromatic N) is 1. The van der Waals surface area contributed by atoms with Crippen LogP contribution in [0.25, 0.3) is 0 Å². The van der Waals surface area contributed by atoms with E-state index in [9.17, 15) is 9.59 Å². The molecule has 1 aromatic carbocycles. The van der Waals surface area contributed by atoms with Gasteiger partial charge in [0.1, 0.15) is 5.75 Å². The third-order valence-electron chi connectivity index (χ3n) is 4.00. The molecular formula is C16H19N3O3. The van der Waals surface area contributed by atoms with E-state index in [1.54, 1.807) is 4.90 Å². The van der Waals surface area contributed by atoms with E-state index in [0.29, 0.717) is 25.1 Å². The smallest absolute Gasteiger partial charge is 0.269 e. The standard InChI is InChI=1S/C16H19N3O3/c1-2-11-5-3-4-6-14(11)22-10-15(20)19-8-7-13-12(9-19)16(21)18-17-13/h3-6H,2,7-10H2,1H3,(H2,17,18,21). The number of nitrogens with one attached hydrogen (secondary N) is 2. The largest absolute Gasteiger partial charge is 0.483 e. The number of para-hydroxylation sites is 1. The second-order valence-corrected chi connectivity index (χ2v) is 5.35. The first kappa shape index (κ1) is 14.4. The van der Waals surface area contributed by atoms with E-state index >= 15 is 0 Å². The molecule has 0 spiro atoms. The molecule has 0 atom stereocenters. The fourth-order valence-corrected chi connectivity index (χ4v) is 2.70. The Morgan fingerprint density at radius 3 is 2.95 bits per heavy atom. The summed E-state index contributed by atoms with van der Waals surface area (Å²) >= 11 is 0. The van der Waals surface area contributed by atoms with Crippen molar-refractivity contribution in [3.05, 3.63) is 51.4 Å². The summed E-state index contributed by atoms with van der Waals surface area (Å²) in [6.07, 6.45) is 1.52. The lowest BCUT2D eigenvalue weighted by atomic mass is 10.1. The van der Waals surface area contributed by atoms with Crippen molar-refractivity contribution in [2.75, 3.05) is 13.2 Å². The van der Waals surface area contributed by atoms with Gasteiger partial charge < -0.3 is 14.7 Å². The maximum absolute atomic E-state index is 12.3. The minimum Gasteiger partial charge on any atom is -0.483 e. The van der Waals surface area contributed by atoms with E-state index in [1.807, 2.05) is 31.2 Å². The van der Waals surface area contributed by atoms with Crippen LogP contribution in [0.5, 0.6) is 5.75 Å². The summed E-state index contributed by atoms with van der Waals surface area (Å²) in [4.78, 5) is 25.6. The lowest BCUT2D eigenvalue weighted by molar-refractivity contribution is -0.134. The number of ether oxygens (including phenoxy) is 1. The molecule has 0 unspecified atom stereocenters. The summed E-state index contributed by atoms with van der Waals surface area (Å²) in [6.45, 7) is 2.98.